The highest BCUT2D eigenvalue weighted by Crippen LogP contribution is 2.27. The predicted molar refractivity (Wildman–Crippen MR) is 80.0 cm³/mol. The van der Waals surface area contributed by atoms with Gasteiger partial charge in [-0.15, -0.1) is 11.8 Å². The van der Waals surface area contributed by atoms with E-state index in [1.54, 1.807) is 17.8 Å². The minimum Gasteiger partial charge on any atom is -0.305 e. The van der Waals surface area contributed by atoms with Crippen LogP contribution in [0.25, 0.3) is 6.08 Å². The number of nitrogens with one attached hydrogen (secondary N) is 1. The van der Waals surface area contributed by atoms with Gasteiger partial charge in [-0.25, -0.2) is 0 Å². The lowest BCUT2D eigenvalue weighted by atomic mass is 10.2. The Bertz CT molecular complexity index is 577. The van der Waals surface area contributed by atoms with E-state index in [2.05, 4.69) is 10.3 Å². The van der Waals surface area contributed by atoms with Gasteiger partial charge in [0.25, 0.3) is 5.91 Å². The highest BCUT2D eigenvalue weighted by atomic mass is 32.2. The quantitative estimate of drug-likeness (QED) is 0.672. The highest BCUT2D eigenvalue weighted by molar-refractivity contribution is 8.18. The van der Waals surface area contributed by atoms with E-state index in [4.69, 9.17) is 0 Å². The number of carbonyl (C=O) groups excluding carboxylic acids is 2. The molecule has 0 saturated heterocycles. The average molecular weight is 292 g/mol. The molecule has 1 heterocycles. The van der Waals surface area contributed by atoms with Crippen LogP contribution in [0.4, 0.5) is 0 Å². The summed E-state index contributed by atoms with van der Waals surface area (Å²) in [5.74, 6) is -0.549. The van der Waals surface area contributed by atoms with E-state index in [0.29, 0.717) is 10.1 Å². The Hall–Kier alpha value is -1.53. The maximum absolute atomic E-state index is 11.7. The topological polar surface area (TPSA) is 58.5 Å². The van der Waals surface area contributed by atoms with Crippen LogP contribution in [0.15, 0.2) is 39.1 Å². The summed E-state index contributed by atoms with van der Waals surface area (Å²) in [4.78, 5) is 28.0. The van der Waals surface area contributed by atoms with Crippen LogP contribution in [-0.4, -0.2) is 23.2 Å². The second-order valence-electron chi connectivity index (χ2n) is 3.79. The standard InChI is InChI=1S/C13H12N2O2S2/c1-8(16)14-13-15-12(17)11(19-13)7-9-3-5-10(18-2)6-4-9/h3-7H,1-2H3,(H,14,15,16,17)/b11-7-. The number of carbonyl (C=O) groups is 2. The Labute approximate surface area is 119 Å². The fourth-order valence-electron chi connectivity index (χ4n) is 1.46. The van der Waals surface area contributed by atoms with E-state index in [1.807, 2.05) is 30.5 Å². The van der Waals surface area contributed by atoms with Crippen LogP contribution in [0.2, 0.25) is 0 Å². The monoisotopic (exact) mass is 292 g/mol. The third-order valence-electron chi connectivity index (χ3n) is 2.32. The molecule has 0 aromatic heterocycles. The lowest BCUT2D eigenvalue weighted by molar-refractivity contribution is -0.117. The van der Waals surface area contributed by atoms with Crippen molar-refractivity contribution in [1.29, 1.82) is 0 Å². The Morgan fingerprint density at radius 2 is 2.05 bits per heavy atom. The smallest absolute Gasteiger partial charge is 0.286 e. The Balaban J connectivity index is 2.12. The summed E-state index contributed by atoms with van der Waals surface area (Å²) in [6.45, 7) is 1.39. The Kier molecular flexibility index (Phi) is 4.44. The predicted octanol–water partition coefficient (Wildman–Crippen LogP) is 2.51. The number of aliphatic imine (C=N–C) groups is 1. The summed E-state index contributed by atoms with van der Waals surface area (Å²) in [5.41, 5.74) is 0.938. The molecule has 1 aromatic carbocycles. The zero-order valence-electron chi connectivity index (χ0n) is 10.5. The molecule has 1 N–H and O–H groups in total. The number of hydrogen-bond donors (Lipinski definition) is 1. The normalized spacial score (nSPS) is 16.6. The van der Waals surface area contributed by atoms with E-state index in [9.17, 15) is 9.59 Å². The number of amides is 2. The van der Waals surface area contributed by atoms with Crippen molar-refractivity contribution < 1.29 is 9.59 Å². The zero-order chi connectivity index (χ0) is 13.8. The number of benzene rings is 1. The minimum atomic E-state index is -0.317. The minimum absolute atomic E-state index is 0.232. The molecule has 0 saturated carbocycles. The van der Waals surface area contributed by atoms with Gasteiger partial charge in [0.2, 0.25) is 5.91 Å². The van der Waals surface area contributed by atoms with E-state index < -0.39 is 0 Å². The molecule has 0 spiro atoms. The van der Waals surface area contributed by atoms with Crippen LogP contribution < -0.4 is 5.32 Å². The van der Waals surface area contributed by atoms with Gasteiger partial charge in [0, 0.05) is 11.8 Å². The lowest BCUT2D eigenvalue weighted by Gasteiger charge is -1.99. The fourth-order valence-corrected chi connectivity index (χ4v) is 2.73. The van der Waals surface area contributed by atoms with Gasteiger partial charge in [-0.3, -0.25) is 9.59 Å². The van der Waals surface area contributed by atoms with Crippen molar-refractivity contribution in [3.05, 3.63) is 34.7 Å². The molecule has 1 aliphatic heterocycles. The number of thioether (sulfide) groups is 2. The SMILES string of the molecule is CSc1ccc(/C=C2\SC(NC(C)=O)=NC2=O)cc1. The maximum atomic E-state index is 11.7. The Morgan fingerprint density at radius 1 is 1.37 bits per heavy atom. The summed E-state index contributed by atoms with van der Waals surface area (Å²) in [5, 5.41) is 2.85. The van der Waals surface area contributed by atoms with Crippen LogP contribution >= 0.6 is 23.5 Å². The number of nitrogens with zero attached hydrogens (tertiary/aromatic N) is 1. The van der Waals surface area contributed by atoms with Crippen molar-refractivity contribution in [3.63, 3.8) is 0 Å². The second kappa shape index (κ2) is 6.08. The van der Waals surface area contributed by atoms with Gasteiger partial charge >= 0.3 is 0 Å². The van der Waals surface area contributed by atoms with Crippen molar-refractivity contribution in [2.75, 3.05) is 6.26 Å². The van der Waals surface area contributed by atoms with Gasteiger partial charge in [0.15, 0.2) is 5.17 Å². The average Bonchev–Trinajstić information content (AvgIpc) is 2.69. The van der Waals surface area contributed by atoms with Crippen LogP contribution in [0.3, 0.4) is 0 Å². The summed E-state index contributed by atoms with van der Waals surface area (Å²) in [6.07, 6.45) is 3.78. The number of amidine groups is 1. The molecule has 0 unspecified atom stereocenters. The third-order valence-corrected chi connectivity index (χ3v) is 3.96. The van der Waals surface area contributed by atoms with Crippen molar-refractivity contribution >= 4 is 46.6 Å². The molecule has 6 heteroatoms. The maximum Gasteiger partial charge on any atom is 0.286 e. The van der Waals surface area contributed by atoms with Crippen molar-refractivity contribution in [1.82, 2.24) is 5.32 Å². The van der Waals surface area contributed by atoms with Gasteiger partial charge in [-0.1, -0.05) is 12.1 Å². The molecule has 0 fully saturated rings. The molecule has 4 nitrogen and oxygen atoms in total. The molecule has 0 radical (unpaired) electrons. The molecule has 1 aromatic rings. The second-order valence-corrected chi connectivity index (χ2v) is 5.70. The zero-order valence-corrected chi connectivity index (χ0v) is 12.1. The Morgan fingerprint density at radius 3 is 2.63 bits per heavy atom. The largest absolute Gasteiger partial charge is 0.305 e. The van der Waals surface area contributed by atoms with Gasteiger partial charge in [0.1, 0.15) is 0 Å². The lowest BCUT2D eigenvalue weighted by Crippen LogP contribution is -2.23. The van der Waals surface area contributed by atoms with Crippen molar-refractivity contribution in [2.45, 2.75) is 11.8 Å². The number of rotatable bonds is 2. The van der Waals surface area contributed by atoms with Gasteiger partial charge in [-0.2, -0.15) is 4.99 Å². The van der Waals surface area contributed by atoms with Crippen LogP contribution in [0.5, 0.6) is 0 Å². The van der Waals surface area contributed by atoms with Gasteiger partial charge < -0.3 is 5.32 Å². The van der Waals surface area contributed by atoms with Crippen molar-refractivity contribution in [3.8, 4) is 0 Å². The number of hydrogen-bond acceptors (Lipinski definition) is 4. The summed E-state index contributed by atoms with van der Waals surface area (Å²) in [7, 11) is 0. The first-order valence-electron chi connectivity index (χ1n) is 5.52. The molecule has 0 aliphatic carbocycles. The molecular formula is C13H12N2O2S2. The van der Waals surface area contributed by atoms with Crippen LogP contribution in [0.1, 0.15) is 12.5 Å². The molecule has 0 atom stereocenters. The first-order valence-corrected chi connectivity index (χ1v) is 7.57. The molecule has 0 bridgehead atoms. The van der Waals surface area contributed by atoms with E-state index in [0.717, 1.165) is 5.56 Å². The third kappa shape index (κ3) is 3.71. The van der Waals surface area contributed by atoms with Crippen LogP contribution in [0, 0.1) is 0 Å². The summed E-state index contributed by atoms with van der Waals surface area (Å²) < 4.78 is 0. The van der Waals surface area contributed by atoms with Crippen molar-refractivity contribution in [2.24, 2.45) is 4.99 Å². The van der Waals surface area contributed by atoms with Gasteiger partial charge in [0.05, 0.1) is 4.91 Å². The van der Waals surface area contributed by atoms with E-state index in [1.165, 1.54) is 23.6 Å². The highest BCUT2D eigenvalue weighted by Gasteiger charge is 2.22. The molecular weight excluding hydrogens is 280 g/mol. The van der Waals surface area contributed by atoms with E-state index >= 15 is 0 Å². The summed E-state index contributed by atoms with van der Waals surface area (Å²) in [6, 6.07) is 7.89. The van der Waals surface area contributed by atoms with E-state index in [-0.39, 0.29) is 11.8 Å². The first-order chi connectivity index (χ1) is 9.08. The first kappa shape index (κ1) is 13.9. The molecule has 1 aliphatic rings. The fraction of sp³-hybridized carbons (Fsp3) is 0.154. The van der Waals surface area contributed by atoms with Crippen LogP contribution in [-0.2, 0) is 9.59 Å². The molecule has 2 rings (SSSR count). The molecule has 19 heavy (non-hydrogen) atoms. The van der Waals surface area contributed by atoms with Gasteiger partial charge in [-0.05, 0) is 41.8 Å². The molecule has 98 valence electrons. The summed E-state index contributed by atoms with van der Waals surface area (Å²) >= 11 is 2.84. The molecule has 2 amide bonds.